The maximum atomic E-state index is 12.2. The number of aromatic nitrogens is 1. The molecule has 6 nitrogen and oxygen atoms in total. The van der Waals surface area contributed by atoms with Crippen LogP contribution in [0.2, 0.25) is 0 Å². The summed E-state index contributed by atoms with van der Waals surface area (Å²) in [6, 6.07) is 2.76. The number of piperidine rings is 1. The van der Waals surface area contributed by atoms with Crippen molar-refractivity contribution in [3.63, 3.8) is 0 Å². The van der Waals surface area contributed by atoms with Crippen molar-refractivity contribution in [2.75, 3.05) is 32.8 Å². The summed E-state index contributed by atoms with van der Waals surface area (Å²) in [4.78, 5) is 17.9. The number of halogens is 3. The lowest BCUT2D eigenvalue weighted by Crippen LogP contribution is -2.41. The van der Waals surface area contributed by atoms with Crippen LogP contribution in [0.1, 0.15) is 24.8 Å². The average Bonchev–Trinajstić information content (AvgIpc) is 2.59. The van der Waals surface area contributed by atoms with E-state index >= 15 is 0 Å². The SMILES string of the molecule is O=C(NCCN1CCCCC1)NCc1cccnc1OCC(F)(F)F. The number of amides is 2. The molecule has 140 valence electrons. The number of nitrogens with zero attached hydrogens (tertiary/aromatic N) is 2. The molecule has 0 spiro atoms. The van der Waals surface area contributed by atoms with Gasteiger partial charge < -0.3 is 20.3 Å². The quantitative estimate of drug-likeness (QED) is 0.783. The van der Waals surface area contributed by atoms with Crippen LogP contribution >= 0.6 is 0 Å². The summed E-state index contributed by atoms with van der Waals surface area (Å²) in [6.45, 7) is 2.05. The Balaban J connectivity index is 1.71. The molecule has 0 aromatic carbocycles. The third-order valence-electron chi connectivity index (χ3n) is 3.82. The number of nitrogens with one attached hydrogen (secondary N) is 2. The maximum absolute atomic E-state index is 12.2. The van der Waals surface area contributed by atoms with Gasteiger partial charge in [0.05, 0.1) is 0 Å². The highest BCUT2D eigenvalue weighted by Crippen LogP contribution is 2.19. The third-order valence-corrected chi connectivity index (χ3v) is 3.82. The van der Waals surface area contributed by atoms with Crippen molar-refractivity contribution in [2.45, 2.75) is 32.0 Å². The molecule has 0 bridgehead atoms. The predicted octanol–water partition coefficient (Wildman–Crippen LogP) is 2.31. The third kappa shape index (κ3) is 7.59. The number of alkyl halides is 3. The summed E-state index contributed by atoms with van der Waals surface area (Å²) in [5, 5.41) is 5.35. The highest BCUT2D eigenvalue weighted by Gasteiger charge is 2.29. The van der Waals surface area contributed by atoms with Gasteiger partial charge in [0.25, 0.3) is 0 Å². The minimum absolute atomic E-state index is 0.0383. The molecular formula is C16H23F3N4O2. The van der Waals surface area contributed by atoms with E-state index < -0.39 is 12.8 Å². The fourth-order valence-electron chi connectivity index (χ4n) is 2.59. The number of pyridine rings is 1. The van der Waals surface area contributed by atoms with Crippen LogP contribution < -0.4 is 15.4 Å². The molecular weight excluding hydrogens is 337 g/mol. The fraction of sp³-hybridized carbons (Fsp3) is 0.625. The minimum atomic E-state index is -4.44. The molecule has 2 rings (SSSR count). The van der Waals surface area contributed by atoms with Crippen LogP contribution in [0, 0.1) is 0 Å². The number of rotatable bonds is 7. The lowest BCUT2D eigenvalue weighted by atomic mass is 10.1. The monoisotopic (exact) mass is 360 g/mol. The number of hydrogen-bond acceptors (Lipinski definition) is 4. The largest absolute Gasteiger partial charge is 0.468 e. The molecule has 0 atom stereocenters. The van der Waals surface area contributed by atoms with Gasteiger partial charge in [-0.15, -0.1) is 0 Å². The van der Waals surface area contributed by atoms with Crippen molar-refractivity contribution in [1.82, 2.24) is 20.5 Å². The molecule has 2 N–H and O–H groups in total. The van der Waals surface area contributed by atoms with Crippen molar-refractivity contribution in [3.05, 3.63) is 23.9 Å². The Bertz CT molecular complexity index is 548. The number of ether oxygens (including phenoxy) is 1. The van der Waals surface area contributed by atoms with Gasteiger partial charge in [0, 0.05) is 31.4 Å². The van der Waals surface area contributed by atoms with Gasteiger partial charge in [0.15, 0.2) is 6.61 Å². The molecule has 0 unspecified atom stereocenters. The van der Waals surface area contributed by atoms with Gasteiger partial charge >= 0.3 is 12.2 Å². The van der Waals surface area contributed by atoms with E-state index in [2.05, 4.69) is 25.3 Å². The number of likely N-dealkylation sites (tertiary alicyclic amines) is 1. The lowest BCUT2D eigenvalue weighted by Gasteiger charge is -2.26. The Hall–Kier alpha value is -2.03. The van der Waals surface area contributed by atoms with Gasteiger partial charge in [-0.25, -0.2) is 9.78 Å². The van der Waals surface area contributed by atoms with Gasteiger partial charge in [-0.3, -0.25) is 0 Å². The van der Waals surface area contributed by atoms with E-state index in [4.69, 9.17) is 0 Å². The first-order chi connectivity index (χ1) is 11.9. The lowest BCUT2D eigenvalue weighted by molar-refractivity contribution is -0.154. The standard InChI is InChI=1S/C16H23F3N4O2/c17-16(18,19)12-25-14-13(5-4-6-20-14)11-22-15(24)21-7-10-23-8-2-1-3-9-23/h4-6H,1-3,7-12H2,(H2,21,22,24). The highest BCUT2D eigenvalue weighted by molar-refractivity contribution is 5.73. The Morgan fingerprint density at radius 1 is 1.24 bits per heavy atom. The van der Waals surface area contributed by atoms with E-state index in [1.807, 2.05) is 0 Å². The average molecular weight is 360 g/mol. The molecule has 0 radical (unpaired) electrons. The second-order valence-corrected chi connectivity index (χ2v) is 5.88. The zero-order valence-corrected chi connectivity index (χ0v) is 13.9. The number of hydrogen-bond donors (Lipinski definition) is 2. The zero-order valence-electron chi connectivity index (χ0n) is 13.9. The van der Waals surface area contributed by atoms with E-state index in [-0.39, 0.29) is 18.5 Å². The van der Waals surface area contributed by atoms with Crippen LogP contribution in [-0.2, 0) is 6.54 Å². The van der Waals surface area contributed by atoms with Crippen molar-refractivity contribution in [1.29, 1.82) is 0 Å². The van der Waals surface area contributed by atoms with Gasteiger partial charge in [-0.05, 0) is 32.0 Å². The smallest absolute Gasteiger partial charge is 0.422 e. The first-order valence-electron chi connectivity index (χ1n) is 8.31. The van der Waals surface area contributed by atoms with Gasteiger partial charge in [-0.2, -0.15) is 13.2 Å². The van der Waals surface area contributed by atoms with Crippen LogP contribution in [0.15, 0.2) is 18.3 Å². The molecule has 0 saturated carbocycles. The van der Waals surface area contributed by atoms with Crippen LogP contribution in [0.5, 0.6) is 5.88 Å². The topological polar surface area (TPSA) is 66.5 Å². The van der Waals surface area contributed by atoms with Crippen molar-refractivity contribution in [2.24, 2.45) is 0 Å². The summed E-state index contributed by atoms with van der Waals surface area (Å²) in [7, 11) is 0. The Morgan fingerprint density at radius 3 is 2.72 bits per heavy atom. The number of carbonyl (C=O) groups is 1. The summed E-state index contributed by atoms with van der Waals surface area (Å²) in [5.41, 5.74) is 0.387. The molecule has 1 aromatic rings. The molecule has 2 amide bonds. The van der Waals surface area contributed by atoms with E-state index in [1.54, 1.807) is 12.1 Å². The maximum Gasteiger partial charge on any atom is 0.422 e. The van der Waals surface area contributed by atoms with Crippen LogP contribution in [0.25, 0.3) is 0 Å². The van der Waals surface area contributed by atoms with Crippen molar-refractivity contribution in [3.8, 4) is 5.88 Å². The van der Waals surface area contributed by atoms with E-state index in [0.29, 0.717) is 12.1 Å². The first kappa shape index (κ1) is 19.3. The second-order valence-electron chi connectivity index (χ2n) is 5.88. The summed E-state index contributed by atoms with van der Waals surface area (Å²) in [5.74, 6) is -0.131. The van der Waals surface area contributed by atoms with Gasteiger partial charge in [0.1, 0.15) is 0 Å². The molecule has 1 fully saturated rings. The van der Waals surface area contributed by atoms with Crippen LogP contribution in [0.3, 0.4) is 0 Å². The molecule has 1 saturated heterocycles. The highest BCUT2D eigenvalue weighted by atomic mass is 19.4. The van der Waals surface area contributed by atoms with E-state index in [1.165, 1.54) is 25.5 Å². The number of urea groups is 1. The second kappa shape index (κ2) is 9.45. The molecule has 1 aromatic heterocycles. The van der Waals surface area contributed by atoms with E-state index in [0.717, 1.165) is 19.6 Å². The first-order valence-corrected chi connectivity index (χ1v) is 8.31. The molecule has 0 aliphatic carbocycles. The van der Waals surface area contributed by atoms with Crippen molar-refractivity contribution >= 4 is 6.03 Å². The molecule has 9 heteroatoms. The molecule has 1 aliphatic rings. The van der Waals surface area contributed by atoms with Gasteiger partial charge in [0.2, 0.25) is 5.88 Å². The fourth-order valence-corrected chi connectivity index (χ4v) is 2.59. The normalized spacial score (nSPS) is 15.6. The zero-order chi connectivity index (χ0) is 18.1. The summed E-state index contributed by atoms with van der Waals surface area (Å²) < 4.78 is 41.4. The van der Waals surface area contributed by atoms with Gasteiger partial charge in [-0.1, -0.05) is 12.5 Å². The Labute approximate surface area is 144 Å². The molecule has 2 heterocycles. The predicted molar refractivity (Wildman–Crippen MR) is 86.3 cm³/mol. The number of carbonyl (C=O) groups excluding carboxylic acids is 1. The minimum Gasteiger partial charge on any atom is -0.468 e. The Morgan fingerprint density at radius 2 is 2.00 bits per heavy atom. The summed E-state index contributed by atoms with van der Waals surface area (Å²) >= 11 is 0. The van der Waals surface area contributed by atoms with Crippen molar-refractivity contribution < 1.29 is 22.7 Å². The van der Waals surface area contributed by atoms with Crippen LogP contribution in [0.4, 0.5) is 18.0 Å². The summed E-state index contributed by atoms with van der Waals surface area (Å²) in [6.07, 6.45) is 0.540. The molecule has 25 heavy (non-hydrogen) atoms. The Kier molecular flexibility index (Phi) is 7.30. The van der Waals surface area contributed by atoms with E-state index in [9.17, 15) is 18.0 Å². The molecule has 1 aliphatic heterocycles. The van der Waals surface area contributed by atoms with Crippen LogP contribution in [-0.4, -0.2) is 54.9 Å².